The molecule has 21 heteroatoms. The molecule has 0 saturated carbocycles. The smallest absolute Gasteiger partial charge is 0.469 e. The van der Waals surface area contributed by atoms with Crippen molar-refractivity contribution in [2.45, 2.75) is 26.3 Å². The monoisotopic (exact) mass is 665 g/mol. The van der Waals surface area contributed by atoms with Crippen LogP contribution in [0, 0.1) is 0 Å². The van der Waals surface area contributed by atoms with Gasteiger partial charge in [-0.25, -0.2) is 9.13 Å². The molecule has 0 fully saturated rings. The van der Waals surface area contributed by atoms with Gasteiger partial charge in [0.25, 0.3) is 0 Å². The predicted molar refractivity (Wildman–Crippen MR) is 131 cm³/mol. The van der Waals surface area contributed by atoms with Crippen LogP contribution in [0.2, 0.25) is 0 Å². The molecule has 2 heterocycles. The molecule has 2 aromatic rings. The molecule has 0 spiro atoms. The van der Waals surface area contributed by atoms with Crippen molar-refractivity contribution < 1.29 is 84.8 Å². The summed E-state index contributed by atoms with van der Waals surface area (Å²) in [5.74, 6) is -3.34. The Balaban J connectivity index is 0.00000840. The van der Waals surface area contributed by atoms with Crippen LogP contribution >= 0.6 is 15.6 Å². The second kappa shape index (κ2) is 16.2. The third-order valence-electron chi connectivity index (χ3n) is 5.24. The molecule has 0 aliphatic carbocycles. The van der Waals surface area contributed by atoms with Crippen molar-refractivity contribution in [2.75, 3.05) is 26.2 Å². The second-order valence-electron chi connectivity index (χ2n) is 8.33. The van der Waals surface area contributed by atoms with Gasteiger partial charge in [-0.1, -0.05) is 0 Å². The van der Waals surface area contributed by atoms with E-state index in [1.54, 1.807) is 0 Å². The van der Waals surface area contributed by atoms with Crippen LogP contribution in [-0.4, -0.2) is 97.9 Å². The Bertz CT molecular complexity index is 1190. The SMILES string of the molecule is O=C(O)CN(CCN(CC(=O)O)Cc1c(O)cncc1COP(=O)(O)O)Cc1c(O)cncc1COP(=O)(O)O.[Mn]. The summed E-state index contributed by atoms with van der Waals surface area (Å²) in [5, 5.41) is 39.3. The van der Waals surface area contributed by atoms with E-state index in [9.17, 15) is 39.1 Å². The van der Waals surface area contributed by atoms with Gasteiger partial charge in [0.2, 0.25) is 0 Å². The molecule has 229 valence electrons. The number of hydrogen-bond acceptors (Lipinski definition) is 12. The second-order valence-corrected chi connectivity index (χ2v) is 10.8. The van der Waals surface area contributed by atoms with Crippen molar-refractivity contribution in [1.29, 1.82) is 0 Å². The molecule has 2 rings (SSSR count). The minimum atomic E-state index is -4.88. The topological polar surface area (TPSA) is 281 Å². The van der Waals surface area contributed by atoms with Crippen molar-refractivity contribution in [3.05, 3.63) is 47.0 Å². The largest absolute Gasteiger partial charge is 0.506 e. The van der Waals surface area contributed by atoms with E-state index in [2.05, 4.69) is 19.0 Å². The van der Waals surface area contributed by atoms with Crippen LogP contribution in [0.4, 0.5) is 0 Å². The average molecular weight is 665 g/mol. The number of aromatic hydroxyl groups is 2. The van der Waals surface area contributed by atoms with E-state index in [1.165, 1.54) is 22.2 Å². The minimum absolute atomic E-state index is 0. The fourth-order valence-corrected chi connectivity index (χ4v) is 4.11. The third-order valence-corrected chi connectivity index (χ3v) is 6.17. The number of carbonyl (C=O) groups is 2. The molecule has 41 heavy (non-hydrogen) atoms. The van der Waals surface area contributed by atoms with Gasteiger partial charge in [-0.15, -0.1) is 0 Å². The maximum absolute atomic E-state index is 11.5. The molecule has 2 aromatic heterocycles. The molecular weight excluding hydrogens is 637 g/mol. The Hall–Kier alpha value is -2.50. The first-order valence-corrected chi connectivity index (χ1v) is 14.2. The van der Waals surface area contributed by atoms with Gasteiger partial charge >= 0.3 is 27.6 Å². The number of hydrogen-bond donors (Lipinski definition) is 8. The van der Waals surface area contributed by atoms with Crippen LogP contribution in [0.5, 0.6) is 11.5 Å². The molecule has 0 atom stereocenters. The maximum Gasteiger partial charge on any atom is 0.469 e. The summed E-state index contributed by atoms with van der Waals surface area (Å²) in [7, 11) is -9.75. The molecule has 0 unspecified atom stereocenters. The van der Waals surface area contributed by atoms with E-state index in [0.717, 1.165) is 12.4 Å². The van der Waals surface area contributed by atoms with E-state index in [0.29, 0.717) is 0 Å². The van der Waals surface area contributed by atoms with E-state index < -0.39 is 65.4 Å². The Morgan fingerprint density at radius 3 is 1.34 bits per heavy atom. The van der Waals surface area contributed by atoms with E-state index in [4.69, 9.17) is 19.6 Å². The molecule has 0 aromatic carbocycles. The van der Waals surface area contributed by atoms with E-state index in [-0.39, 0.29) is 65.5 Å². The number of rotatable bonds is 17. The first-order chi connectivity index (χ1) is 18.5. The summed E-state index contributed by atoms with van der Waals surface area (Å²) in [4.78, 5) is 69.0. The summed E-state index contributed by atoms with van der Waals surface area (Å²) in [5.41, 5.74) is 0.270. The Morgan fingerprint density at radius 2 is 1.05 bits per heavy atom. The van der Waals surface area contributed by atoms with Gasteiger partial charge < -0.3 is 40.0 Å². The van der Waals surface area contributed by atoms with Gasteiger partial charge in [0.1, 0.15) is 11.5 Å². The zero-order chi connectivity index (χ0) is 30.1. The van der Waals surface area contributed by atoms with Gasteiger partial charge in [0.05, 0.1) is 38.7 Å². The number of aromatic nitrogens is 2. The number of carboxylic acids is 2. The number of nitrogens with zero attached hydrogens (tertiary/aromatic N) is 4. The summed E-state index contributed by atoms with van der Waals surface area (Å²) < 4.78 is 31.1. The van der Waals surface area contributed by atoms with Gasteiger partial charge in [-0.3, -0.25) is 38.4 Å². The third kappa shape index (κ3) is 13.8. The van der Waals surface area contributed by atoms with Gasteiger partial charge in [0, 0.05) is 77.9 Å². The zero-order valence-electron chi connectivity index (χ0n) is 21.1. The van der Waals surface area contributed by atoms with Gasteiger partial charge in [-0.2, -0.15) is 0 Å². The van der Waals surface area contributed by atoms with Crippen molar-refractivity contribution in [1.82, 2.24) is 19.8 Å². The van der Waals surface area contributed by atoms with Crippen LogP contribution in [0.3, 0.4) is 0 Å². The normalized spacial score (nSPS) is 12.0. The number of phosphoric ester groups is 2. The van der Waals surface area contributed by atoms with Crippen molar-refractivity contribution in [3.8, 4) is 11.5 Å². The fourth-order valence-electron chi connectivity index (χ4n) is 3.50. The van der Waals surface area contributed by atoms with Crippen molar-refractivity contribution in [3.63, 3.8) is 0 Å². The molecule has 18 nitrogen and oxygen atoms in total. The standard InChI is InChI=1S/C20H28N4O14P2.Mn/c25-17-5-21-3-13(11-37-39(31,32)33)15(17)7-23(9-19(27)28)1-2-24(10-20(29)30)8-16-14(4-22-6-18(16)26)12-38-40(34,35)36;/h3-6,25-26H,1-2,7-12H2,(H,27,28)(H,29,30)(H2,31,32,33)(H2,34,35,36);. The molecule has 1 radical (unpaired) electrons. The molecule has 0 aliphatic rings. The number of phosphoric acid groups is 2. The van der Waals surface area contributed by atoms with Crippen LogP contribution in [0.1, 0.15) is 22.3 Å². The van der Waals surface area contributed by atoms with Gasteiger partial charge in [0.15, 0.2) is 0 Å². The first-order valence-electron chi connectivity index (χ1n) is 11.1. The fraction of sp³-hybridized carbons (Fsp3) is 0.400. The molecule has 0 aliphatic heterocycles. The zero-order valence-corrected chi connectivity index (χ0v) is 24.0. The summed E-state index contributed by atoms with van der Waals surface area (Å²) in [6.45, 7) is -3.19. The quantitative estimate of drug-likeness (QED) is 0.0786. The Kier molecular flexibility index (Phi) is 14.4. The van der Waals surface area contributed by atoms with Crippen LogP contribution in [0.25, 0.3) is 0 Å². The molecule has 0 saturated heterocycles. The molecule has 0 amide bonds. The maximum atomic E-state index is 11.5. The Labute approximate surface area is 243 Å². The number of carboxylic acid groups (broad SMARTS) is 2. The van der Waals surface area contributed by atoms with Crippen LogP contribution in [0.15, 0.2) is 24.8 Å². The summed E-state index contributed by atoms with van der Waals surface area (Å²) in [6.07, 6.45) is 4.43. The van der Waals surface area contributed by atoms with Crippen LogP contribution < -0.4 is 0 Å². The first kappa shape index (κ1) is 36.5. The van der Waals surface area contributed by atoms with E-state index >= 15 is 0 Å². The van der Waals surface area contributed by atoms with Crippen molar-refractivity contribution in [2.24, 2.45) is 0 Å². The van der Waals surface area contributed by atoms with Crippen LogP contribution in [-0.2, 0) is 71.1 Å². The molecular formula is C20H28MnN4O14P2. The summed E-state index contributed by atoms with van der Waals surface area (Å²) in [6, 6.07) is 0. The van der Waals surface area contributed by atoms with Crippen molar-refractivity contribution >= 4 is 27.6 Å². The minimum Gasteiger partial charge on any atom is -0.506 e. The average Bonchev–Trinajstić information content (AvgIpc) is 2.81. The Morgan fingerprint density at radius 1 is 0.707 bits per heavy atom. The summed E-state index contributed by atoms with van der Waals surface area (Å²) >= 11 is 0. The van der Waals surface area contributed by atoms with Gasteiger partial charge in [-0.05, 0) is 0 Å². The molecule has 0 bridgehead atoms. The van der Waals surface area contributed by atoms with E-state index in [1.807, 2.05) is 0 Å². The predicted octanol–water partition coefficient (Wildman–Crippen LogP) is -0.423. The number of aliphatic carboxylic acids is 2. The molecule has 8 N–H and O–H groups in total. The number of pyridine rings is 2.